The highest BCUT2D eigenvalue weighted by molar-refractivity contribution is 5.99. The molecule has 6 nitrogen and oxygen atoms in total. The second-order valence-corrected chi connectivity index (χ2v) is 8.21. The van der Waals surface area contributed by atoms with Gasteiger partial charge in [-0.1, -0.05) is 29.8 Å². The predicted molar refractivity (Wildman–Crippen MR) is 121 cm³/mol. The Labute approximate surface area is 185 Å². The van der Waals surface area contributed by atoms with E-state index in [1.54, 1.807) is 23.2 Å². The summed E-state index contributed by atoms with van der Waals surface area (Å²) in [6.07, 6.45) is 0. The summed E-state index contributed by atoms with van der Waals surface area (Å²) in [5.41, 5.74) is 8.39. The number of carbonyl (C=O) groups is 2. The first-order valence-electron chi connectivity index (χ1n) is 10.6. The predicted octanol–water partition coefficient (Wildman–Crippen LogP) is 3.70. The number of nitrogens with zero attached hydrogens (tertiary/aromatic N) is 1. The van der Waals surface area contributed by atoms with Crippen LogP contribution in [0, 0.1) is 18.7 Å². The van der Waals surface area contributed by atoms with Crippen molar-refractivity contribution in [2.45, 2.75) is 19.5 Å². The van der Waals surface area contributed by atoms with E-state index in [0.29, 0.717) is 18.7 Å². The first kappa shape index (κ1) is 20.2. The lowest BCUT2D eigenvalue weighted by molar-refractivity contribution is -0.120. The standard InChI is InChI=1S/C25H23FN4O2/c1-15-2-9-19(10-3-15)30-25(32)21-14-27-22-11-6-17(12-20(22)23(21)29-30)24(31)28-13-16-4-7-18(26)8-5-16/h2-12,21,23,27,29H,13-14H2,1H3,(H,28,31). The van der Waals surface area contributed by atoms with E-state index in [-0.39, 0.29) is 29.6 Å². The molecular weight excluding hydrogens is 407 g/mol. The quantitative estimate of drug-likeness (QED) is 0.590. The minimum atomic E-state index is -0.310. The van der Waals surface area contributed by atoms with Gasteiger partial charge in [-0.25, -0.2) is 14.8 Å². The fourth-order valence-corrected chi connectivity index (χ4v) is 4.22. The summed E-state index contributed by atoms with van der Waals surface area (Å²) in [5, 5.41) is 7.79. The first-order valence-corrected chi connectivity index (χ1v) is 10.6. The van der Waals surface area contributed by atoms with Crippen LogP contribution in [-0.4, -0.2) is 18.4 Å². The number of fused-ring (bicyclic) bond motifs is 3. The van der Waals surface area contributed by atoms with Crippen molar-refractivity contribution in [2.24, 2.45) is 5.92 Å². The third-order valence-electron chi connectivity index (χ3n) is 6.03. The molecule has 1 saturated heterocycles. The molecule has 0 bridgehead atoms. The molecule has 0 saturated carbocycles. The van der Waals surface area contributed by atoms with Crippen LogP contribution < -0.4 is 21.1 Å². The number of aryl methyl sites for hydroxylation is 1. The smallest absolute Gasteiger partial charge is 0.251 e. The van der Waals surface area contributed by atoms with Gasteiger partial charge in [-0.3, -0.25) is 9.59 Å². The molecule has 3 aromatic carbocycles. The Balaban J connectivity index is 1.35. The van der Waals surface area contributed by atoms with E-state index < -0.39 is 0 Å². The number of anilines is 2. The highest BCUT2D eigenvalue weighted by Gasteiger charge is 2.44. The van der Waals surface area contributed by atoms with Gasteiger partial charge in [0.25, 0.3) is 5.91 Å². The molecule has 1 fully saturated rings. The summed E-state index contributed by atoms with van der Waals surface area (Å²) in [5.74, 6) is -0.793. The second-order valence-electron chi connectivity index (χ2n) is 8.21. The third-order valence-corrected chi connectivity index (χ3v) is 6.03. The maximum Gasteiger partial charge on any atom is 0.251 e. The van der Waals surface area contributed by atoms with E-state index in [2.05, 4.69) is 16.1 Å². The number of rotatable bonds is 4. The number of hydrogen-bond donors (Lipinski definition) is 3. The largest absolute Gasteiger partial charge is 0.384 e. The fraction of sp³-hybridized carbons (Fsp3) is 0.200. The van der Waals surface area contributed by atoms with Crippen LogP contribution >= 0.6 is 0 Å². The van der Waals surface area contributed by atoms with Crippen LogP contribution in [0.15, 0.2) is 66.7 Å². The Kier molecular flexibility index (Phi) is 5.11. The number of benzene rings is 3. The molecule has 32 heavy (non-hydrogen) atoms. The van der Waals surface area contributed by atoms with Crippen molar-refractivity contribution in [2.75, 3.05) is 16.9 Å². The van der Waals surface area contributed by atoms with Gasteiger partial charge in [-0.2, -0.15) is 0 Å². The van der Waals surface area contributed by atoms with Gasteiger partial charge in [0.2, 0.25) is 5.91 Å². The van der Waals surface area contributed by atoms with Gasteiger partial charge < -0.3 is 10.6 Å². The lowest BCUT2D eigenvalue weighted by Crippen LogP contribution is -2.35. The number of nitrogens with one attached hydrogen (secondary N) is 3. The molecule has 0 aliphatic carbocycles. The van der Waals surface area contributed by atoms with Crippen LogP contribution in [0.5, 0.6) is 0 Å². The molecule has 3 N–H and O–H groups in total. The number of amides is 2. The van der Waals surface area contributed by atoms with Gasteiger partial charge in [0.15, 0.2) is 0 Å². The van der Waals surface area contributed by atoms with Gasteiger partial charge >= 0.3 is 0 Å². The van der Waals surface area contributed by atoms with Crippen molar-refractivity contribution in [1.82, 2.24) is 10.7 Å². The summed E-state index contributed by atoms with van der Waals surface area (Å²) in [6, 6.07) is 19.1. The molecule has 2 aliphatic heterocycles. The van der Waals surface area contributed by atoms with Crippen LogP contribution in [0.4, 0.5) is 15.8 Å². The van der Waals surface area contributed by atoms with E-state index in [0.717, 1.165) is 28.1 Å². The molecule has 3 aromatic rings. The maximum absolute atomic E-state index is 13.1. The van der Waals surface area contributed by atoms with Gasteiger partial charge in [0, 0.05) is 24.3 Å². The lowest BCUT2D eigenvalue weighted by atomic mass is 9.88. The lowest BCUT2D eigenvalue weighted by Gasteiger charge is -2.27. The van der Waals surface area contributed by atoms with Crippen molar-refractivity contribution >= 4 is 23.2 Å². The monoisotopic (exact) mass is 430 g/mol. The normalized spacial score (nSPS) is 19.2. The van der Waals surface area contributed by atoms with Gasteiger partial charge in [-0.15, -0.1) is 0 Å². The van der Waals surface area contributed by atoms with Gasteiger partial charge in [-0.05, 0) is 60.5 Å². The number of hydrogen-bond acceptors (Lipinski definition) is 4. The molecule has 7 heteroatoms. The molecule has 2 heterocycles. The molecule has 2 atom stereocenters. The summed E-state index contributed by atoms with van der Waals surface area (Å²) in [7, 11) is 0. The Morgan fingerprint density at radius 3 is 2.59 bits per heavy atom. The highest BCUT2D eigenvalue weighted by atomic mass is 19.1. The first-order chi connectivity index (χ1) is 15.5. The zero-order valence-corrected chi connectivity index (χ0v) is 17.6. The van der Waals surface area contributed by atoms with E-state index in [4.69, 9.17) is 0 Å². The van der Waals surface area contributed by atoms with E-state index in [1.165, 1.54) is 12.1 Å². The van der Waals surface area contributed by atoms with Crippen LogP contribution in [-0.2, 0) is 11.3 Å². The Morgan fingerprint density at radius 1 is 1.09 bits per heavy atom. The van der Waals surface area contributed by atoms with Crippen molar-refractivity contribution < 1.29 is 14.0 Å². The van der Waals surface area contributed by atoms with Crippen molar-refractivity contribution in [3.05, 3.63) is 94.8 Å². The second kappa shape index (κ2) is 8.09. The third kappa shape index (κ3) is 3.71. The number of carbonyl (C=O) groups excluding carboxylic acids is 2. The summed E-state index contributed by atoms with van der Waals surface area (Å²) >= 11 is 0. The molecule has 0 aromatic heterocycles. The topological polar surface area (TPSA) is 73.5 Å². The molecular formula is C25H23FN4O2. The minimum Gasteiger partial charge on any atom is -0.384 e. The van der Waals surface area contributed by atoms with Crippen LogP contribution in [0.25, 0.3) is 0 Å². The zero-order chi connectivity index (χ0) is 22.2. The molecule has 2 amide bonds. The fourth-order valence-electron chi connectivity index (χ4n) is 4.22. The van der Waals surface area contributed by atoms with Crippen molar-refractivity contribution in [3.8, 4) is 0 Å². The number of hydrazine groups is 1. The molecule has 5 rings (SSSR count). The van der Waals surface area contributed by atoms with Crippen molar-refractivity contribution in [1.29, 1.82) is 0 Å². The SMILES string of the molecule is Cc1ccc(N2NC3c4cc(C(=O)NCc5ccc(F)cc5)ccc4NCC3C2=O)cc1. The van der Waals surface area contributed by atoms with E-state index >= 15 is 0 Å². The number of halogens is 1. The molecule has 0 spiro atoms. The Morgan fingerprint density at radius 2 is 1.84 bits per heavy atom. The maximum atomic E-state index is 13.1. The van der Waals surface area contributed by atoms with Crippen molar-refractivity contribution in [3.63, 3.8) is 0 Å². The zero-order valence-electron chi connectivity index (χ0n) is 17.6. The van der Waals surface area contributed by atoms with Crippen LogP contribution in [0.3, 0.4) is 0 Å². The molecule has 2 aliphatic rings. The average molecular weight is 430 g/mol. The molecule has 2 unspecified atom stereocenters. The summed E-state index contributed by atoms with van der Waals surface area (Å²) < 4.78 is 13.1. The van der Waals surface area contributed by atoms with E-state index in [1.807, 2.05) is 43.3 Å². The van der Waals surface area contributed by atoms with Gasteiger partial charge in [0.1, 0.15) is 5.82 Å². The Bertz CT molecular complexity index is 1180. The average Bonchev–Trinajstić information content (AvgIpc) is 3.15. The Hall–Kier alpha value is -3.71. The molecule has 0 radical (unpaired) electrons. The van der Waals surface area contributed by atoms with E-state index in [9.17, 15) is 14.0 Å². The van der Waals surface area contributed by atoms with Crippen LogP contribution in [0.2, 0.25) is 0 Å². The van der Waals surface area contributed by atoms with Gasteiger partial charge in [0.05, 0.1) is 17.6 Å². The summed E-state index contributed by atoms with van der Waals surface area (Å²) in [6.45, 7) is 2.84. The van der Waals surface area contributed by atoms with Crippen LogP contribution in [0.1, 0.15) is 33.1 Å². The highest BCUT2D eigenvalue weighted by Crippen LogP contribution is 2.39. The molecule has 162 valence electrons. The minimum absolute atomic E-state index is 0.00293. The summed E-state index contributed by atoms with van der Waals surface area (Å²) in [4.78, 5) is 25.8.